The Morgan fingerprint density at radius 3 is 1.30 bits per heavy atom. The largest absolute Gasteiger partial charge is 2.00 e. The number of carboxylic acid groups (broad SMARTS) is 2. The van der Waals surface area contributed by atoms with E-state index >= 15 is 0 Å². The molecule has 2 aromatic carbocycles. The summed E-state index contributed by atoms with van der Waals surface area (Å²) in [6.07, 6.45) is 0. The number of carbonyl (C=O) groups excluding carboxylic acids is 2. The van der Waals surface area contributed by atoms with E-state index in [-0.39, 0.29) is 44.3 Å². The van der Waals surface area contributed by atoms with Crippen LogP contribution in [0.4, 0.5) is 0 Å². The van der Waals surface area contributed by atoms with E-state index in [1.807, 2.05) is 0 Å². The van der Waals surface area contributed by atoms with Crippen LogP contribution in [0.1, 0.15) is 31.8 Å². The second-order valence-corrected chi connectivity index (χ2v) is 4.52. The third-order valence-corrected chi connectivity index (χ3v) is 2.92. The number of benzene rings is 2. The molecule has 7 heteroatoms. The molecular formula is C16H14O6Ti. The quantitative estimate of drug-likeness (QED) is 0.743. The Hall–Kier alpha value is -2.31. The normalized spacial score (nSPS) is 9.13. The summed E-state index contributed by atoms with van der Waals surface area (Å²) in [7, 11) is 0. The fraction of sp³-hybridized carbons (Fsp3) is 0.125. The summed E-state index contributed by atoms with van der Waals surface area (Å²) in [5.41, 5.74) is 0.744. The zero-order chi connectivity index (χ0) is 16.9. The fourth-order valence-corrected chi connectivity index (χ4v) is 1.65. The molecule has 0 atom stereocenters. The van der Waals surface area contributed by atoms with Crippen molar-refractivity contribution < 1.29 is 51.7 Å². The molecule has 0 radical (unpaired) electrons. The summed E-state index contributed by atoms with van der Waals surface area (Å²) in [6.45, 7) is 3.25. The molecule has 6 nitrogen and oxygen atoms in total. The Morgan fingerprint density at radius 2 is 1.09 bits per heavy atom. The Kier molecular flexibility index (Phi) is 8.07. The molecule has 2 rings (SSSR count). The van der Waals surface area contributed by atoms with E-state index in [0.717, 1.165) is 0 Å². The number of aromatic hydroxyl groups is 2. The van der Waals surface area contributed by atoms with Gasteiger partial charge in [-0.1, -0.05) is 24.3 Å². The number of phenols is 2. The van der Waals surface area contributed by atoms with E-state index in [1.54, 1.807) is 38.1 Å². The van der Waals surface area contributed by atoms with Gasteiger partial charge in [0.05, 0.1) is 11.9 Å². The SMILES string of the molecule is Cc1cccc(C(=O)[O-])c1O.Cc1cccc(C(=O)[O-])c1O.[Ti+2]. The van der Waals surface area contributed by atoms with Crippen LogP contribution in [0.5, 0.6) is 11.5 Å². The van der Waals surface area contributed by atoms with Crippen molar-refractivity contribution >= 4 is 11.9 Å². The van der Waals surface area contributed by atoms with Gasteiger partial charge in [-0.05, 0) is 37.1 Å². The molecular weight excluding hydrogens is 336 g/mol. The average molecular weight is 350 g/mol. The van der Waals surface area contributed by atoms with Crippen LogP contribution < -0.4 is 10.2 Å². The molecule has 0 aliphatic carbocycles. The van der Waals surface area contributed by atoms with Crippen molar-refractivity contribution in [1.82, 2.24) is 0 Å². The van der Waals surface area contributed by atoms with Crippen molar-refractivity contribution in [3.8, 4) is 11.5 Å². The molecule has 0 unspecified atom stereocenters. The van der Waals surface area contributed by atoms with Gasteiger partial charge in [0.15, 0.2) is 0 Å². The average Bonchev–Trinajstić information content (AvgIpc) is 2.45. The minimum atomic E-state index is -1.36. The summed E-state index contributed by atoms with van der Waals surface area (Å²) < 4.78 is 0. The monoisotopic (exact) mass is 350 g/mol. The first-order valence-electron chi connectivity index (χ1n) is 6.25. The first kappa shape index (κ1) is 20.7. The molecule has 0 amide bonds. The van der Waals surface area contributed by atoms with E-state index in [0.29, 0.717) is 11.1 Å². The van der Waals surface area contributed by atoms with Crippen LogP contribution in [0.3, 0.4) is 0 Å². The maximum atomic E-state index is 10.3. The molecule has 0 bridgehead atoms. The Balaban J connectivity index is 0.000000403. The van der Waals surface area contributed by atoms with E-state index in [9.17, 15) is 19.8 Å². The van der Waals surface area contributed by atoms with Gasteiger partial charge >= 0.3 is 21.7 Å². The van der Waals surface area contributed by atoms with Crippen LogP contribution in [0.25, 0.3) is 0 Å². The predicted molar refractivity (Wildman–Crippen MR) is 74.3 cm³/mol. The van der Waals surface area contributed by atoms with Gasteiger partial charge in [0.2, 0.25) is 0 Å². The molecule has 2 aromatic rings. The van der Waals surface area contributed by atoms with Gasteiger partial charge in [0.1, 0.15) is 11.5 Å². The van der Waals surface area contributed by atoms with Crippen LogP contribution >= 0.6 is 0 Å². The van der Waals surface area contributed by atoms with Gasteiger partial charge in [-0.2, -0.15) is 0 Å². The van der Waals surface area contributed by atoms with Gasteiger partial charge in [0, 0.05) is 11.1 Å². The molecule has 0 fully saturated rings. The third-order valence-electron chi connectivity index (χ3n) is 2.92. The number of hydrogen-bond donors (Lipinski definition) is 2. The van der Waals surface area contributed by atoms with Crippen molar-refractivity contribution in [3.05, 3.63) is 58.7 Å². The molecule has 0 aromatic heterocycles. The molecule has 0 heterocycles. The van der Waals surface area contributed by atoms with Crippen molar-refractivity contribution in [1.29, 1.82) is 0 Å². The minimum Gasteiger partial charge on any atom is -0.545 e. The number of para-hydroxylation sites is 2. The summed E-state index contributed by atoms with van der Waals surface area (Å²) >= 11 is 0. The maximum absolute atomic E-state index is 10.3. The molecule has 118 valence electrons. The number of hydrogen-bond acceptors (Lipinski definition) is 6. The molecule has 0 aliphatic rings. The van der Waals surface area contributed by atoms with Crippen molar-refractivity contribution in [2.45, 2.75) is 13.8 Å². The topological polar surface area (TPSA) is 121 Å². The number of aryl methyl sites for hydroxylation is 2. The van der Waals surface area contributed by atoms with Gasteiger partial charge in [-0.3, -0.25) is 0 Å². The van der Waals surface area contributed by atoms with E-state index in [1.165, 1.54) is 12.1 Å². The fourth-order valence-electron chi connectivity index (χ4n) is 1.65. The Labute approximate surface area is 147 Å². The Morgan fingerprint density at radius 1 is 0.783 bits per heavy atom. The number of carboxylic acids is 2. The van der Waals surface area contributed by atoms with Crippen LogP contribution in [0.2, 0.25) is 0 Å². The third kappa shape index (κ3) is 5.43. The van der Waals surface area contributed by atoms with Crippen molar-refractivity contribution in [2.24, 2.45) is 0 Å². The van der Waals surface area contributed by atoms with E-state index < -0.39 is 11.9 Å². The summed E-state index contributed by atoms with van der Waals surface area (Å²) in [5.74, 6) is -3.14. The molecule has 2 N–H and O–H groups in total. The number of rotatable bonds is 2. The first-order valence-corrected chi connectivity index (χ1v) is 6.25. The summed E-state index contributed by atoms with van der Waals surface area (Å²) in [5, 5.41) is 38.9. The maximum Gasteiger partial charge on any atom is 2.00 e. The van der Waals surface area contributed by atoms with Gasteiger partial charge in [-0.25, -0.2) is 0 Å². The van der Waals surface area contributed by atoms with Gasteiger partial charge in [0.25, 0.3) is 0 Å². The molecule has 0 aliphatic heterocycles. The van der Waals surface area contributed by atoms with Gasteiger partial charge in [-0.15, -0.1) is 0 Å². The zero-order valence-corrected chi connectivity index (χ0v) is 14.1. The predicted octanol–water partition coefficient (Wildman–Crippen LogP) is 0.126. The second kappa shape index (κ2) is 8.97. The smallest absolute Gasteiger partial charge is 0.545 e. The summed E-state index contributed by atoms with van der Waals surface area (Å²) in [6, 6.07) is 8.97. The van der Waals surface area contributed by atoms with Crippen LogP contribution in [-0.2, 0) is 21.7 Å². The molecule has 0 saturated heterocycles. The van der Waals surface area contributed by atoms with Crippen molar-refractivity contribution in [3.63, 3.8) is 0 Å². The van der Waals surface area contributed by atoms with Crippen LogP contribution in [-0.4, -0.2) is 22.2 Å². The first-order chi connectivity index (χ1) is 10.3. The minimum absolute atomic E-state index is 0. The standard InChI is InChI=1S/2C8H8O3.Ti/c2*1-5-3-2-4-6(7(5)9)8(10)11;/h2*2-4,9H,1H3,(H,10,11);/q;;+2/p-2. The van der Waals surface area contributed by atoms with Gasteiger partial charge < -0.3 is 30.0 Å². The van der Waals surface area contributed by atoms with E-state index in [2.05, 4.69) is 0 Å². The number of carbonyl (C=O) groups is 2. The second-order valence-electron chi connectivity index (χ2n) is 4.52. The Bertz CT molecular complexity index is 650. The zero-order valence-electron chi connectivity index (χ0n) is 12.5. The summed E-state index contributed by atoms with van der Waals surface area (Å²) in [4.78, 5) is 20.6. The number of aromatic carboxylic acids is 2. The van der Waals surface area contributed by atoms with E-state index in [4.69, 9.17) is 10.2 Å². The van der Waals surface area contributed by atoms with Crippen LogP contribution in [0, 0.1) is 13.8 Å². The molecule has 0 spiro atoms. The molecule has 0 saturated carbocycles. The molecule has 23 heavy (non-hydrogen) atoms. The van der Waals surface area contributed by atoms with Crippen LogP contribution in [0.15, 0.2) is 36.4 Å². The van der Waals surface area contributed by atoms with Crippen molar-refractivity contribution in [2.75, 3.05) is 0 Å².